The molecule has 3 aromatic rings. The Morgan fingerprint density at radius 2 is 1.94 bits per heavy atom. The van der Waals surface area contributed by atoms with E-state index < -0.39 is 12.0 Å². The van der Waals surface area contributed by atoms with Gasteiger partial charge in [0, 0.05) is 24.2 Å². The van der Waals surface area contributed by atoms with Crippen molar-refractivity contribution in [2.45, 2.75) is 51.7 Å². The molecule has 0 unspecified atom stereocenters. The molecule has 0 spiro atoms. The van der Waals surface area contributed by atoms with Gasteiger partial charge in [-0.05, 0) is 42.2 Å². The van der Waals surface area contributed by atoms with Crippen molar-refractivity contribution in [3.63, 3.8) is 0 Å². The summed E-state index contributed by atoms with van der Waals surface area (Å²) in [6.45, 7) is 3.11. The van der Waals surface area contributed by atoms with Crippen LogP contribution in [0.3, 0.4) is 0 Å². The Bertz CT molecular complexity index is 1000. The number of aromatic nitrogens is 2. The molecule has 0 bridgehead atoms. The number of rotatable bonds is 11. The van der Waals surface area contributed by atoms with Crippen LogP contribution in [-0.2, 0) is 30.7 Å². The topological polar surface area (TPSA) is 87.4 Å². The summed E-state index contributed by atoms with van der Waals surface area (Å²) >= 11 is 6.38. The van der Waals surface area contributed by atoms with Gasteiger partial charge in [-0.1, -0.05) is 55.3 Å². The molecule has 2 aromatic carbocycles. The Balaban J connectivity index is 1.77. The third kappa shape index (κ3) is 6.32. The van der Waals surface area contributed by atoms with E-state index in [-0.39, 0.29) is 5.75 Å². The highest BCUT2D eigenvalue weighted by atomic mass is 35.5. The molecule has 0 aliphatic carbocycles. The molecule has 164 valence electrons. The van der Waals surface area contributed by atoms with Crippen LogP contribution in [0, 0.1) is 0 Å². The SMILES string of the molecule is CCCCc1ncc(CN[C@@H](Cc2ccc(O)cc2)C(=O)O)n1Cc1ccccc1Cl. The zero-order valence-electron chi connectivity index (χ0n) is 17.6. The number of carbonyl (C=O) groups is 1. The van der Waals surface area contributed by atoms with E-state index in [1.54, 1.807) is 24.3 Å². The maximum Gasteiger partial charge on any atom is 0.321 e. The Hall–Kier alpha value is -2.83. The van der Waals surface area contributed by atoms with Crippen LogP contribution in [0.1, 0.15) is 42.4 Å². The summed E-state index contributed by atoms with van der Waals surface area (Å²) in [5, 5.41) is 23.0. The number of aryl methyl sites for hydroxylation is 1. The van der Waals surface area contributed by atoms with Crippen molar-refractivity contribution in [1.29, 1.82) is 0 Å². The molecule has 0 aliphatic heterocycles. The average Bonchev–Trinajstić information content (AvgIpc) is 3.13. The van der Waals surface area contributed by atoms with Crippen LogP contribution in [0.5, 0.6) is 5.75 Å². The summed E-state index contributed by atoms with van der Waals surface area (Å²) in [5.41, 5.74) is 2.76. The van der Waals surface area contributed by atoms with E-state index in [0.29, 0.717) is 24.5 Å². The number of imidazole rings is 1. The molecule has 0 amide bonds. The first-order valence-electron chi connectivity index (χ1n) is 10.5. The highest BCUT2D eigenvalue weighted by Crippen LogP contribution is 2.19. The molecular formula is C24H28ClN3O3. The number of phenols is 1. The second kappa shape index (κ2) is 11.0. The van der Waals surface area contributed by atoms with Gasteiger partial charge < -0.3 is 14.8 Å². The number of aromatic hydroxyl groups is 1. The van der Waals surface area contributed by atoms with Crippen molar-refractivity contribution in [3.05, 3.63) is 82.4 Å². The van der Waals surface area contributed by atoms with Crippen molar-refractivity contribution < 1.29 is 15.0 Å². The van der Waals surface area contributed by atoms with E-state index in [1.165, 1.54) is 0 Å². The number of hydrogen-bond donors (Lipinski definition) is 3. The Morgan fingerprint density at radius 1 is 1.19 bits per heavy atom. The van der Waals surface area contributed by atoms with E-state index in [9.17, 15) is 15.0 Å². The third-order valence-corrected chi connectivity index (χ3v) is 5.63. The predicted octanol–water partition coefficient (Wildman–Crippen LogP) is 4.42. The number of carboxylic acid groups (broad SMARTS) is 1. The second-order valence-corrected chi connectivity index (χ2v) is 8.00. The number of benzene rings is 2. The number of halogens is 1. The molecule has 0 saturated heterocycles. The first-order valence-corrected chi connectivity index (χ1v) is 10.9. The maximum atomic E-state index is 11.8. The van der Waals surface area contributed by atoms with Crippen LogP contribution in [0.4, 0.5) is 0 Å². The summed E-state index contributed by atoms with van der Waals surface area (Å²) in [4.78, 5) is 16.4. The molecule has 3 rings (SSSR count). The lowest BCUT2D eigenvalue weighted by atomic mass is 10.1. The summed E-state index contributed by atoms with van der Waals surface area (Å²) in [6, 6.07) is 13.6. The number of aliphatic carboxylic acids is 1. The van der Waals surface area contributed by atoms with Crippen molar-refractivity contribution in [2.24, 2.45) is 0 Å². The molecule has 1 aromatic heterocycles. The average molecular weight is 442 g/mol. The molecule has 0 aliphatic rings. The molecule has 6 nitrogen and oxygen atoms in total. The number of carboxylic acids is 1. The fourth-order valence-corrected chi connectivity index (χ4v) is 3.66. The lowest BCUT2D eigenvalue weighted by Crippen LogP contribution is -2.38. The van der Waals surface area contributed by atoms with Crippen LogP contribution >= 0.6 is 11.6 Å². The van der Waals surface area contributed by atoms with E-state index in [4.69, 9.17) is 11.6 Å². The number of nitrogens with one attached hydrogen (secondary N) is 1. The zero-order chi connectivity index (χ0) is 22.2. The minimum absolute atomic E-state index is 0.159. The number of unbranched alkanes of at least 4 members (excludes halogenated alkanes) is 1. The molecular weight excluding hydrogens is 414 g/mol. The predicted molar refractivity (Wildman–Crippen MR) is 121 cm³/mol. The van der Waals surface area contributed by atoms with Gasteiger partial charge in [-0.15, -0.1) is 0 Å². The Labute approximate surface area is 187 Å². The first-order chi connectivity index (χ1) is 15.0. The van der Waals surface area contributed by atoms with Crippen molar-refractivity contribution in [2.75, 3.05) is 0 Å². The van der Waals surface area contributed by atoms with Gasteiger partial charge in [-0.25, -0.2) is 4.98 Å². The molecule has 3 N–H and O–H groups in total. The van der Waals surface area contributed by atoms with Gasteiger partial charge in [0.2, 0.25) is 0 Å². The van der Waals surface area contributed by atoms with Crippen LogP contribution in [0.25, 0.3) is 0 Å². The first kappa shape index (κ1) is 22.8. The lowest BCUT2D eigenvalue weighted by molar-refractivity contribution is -0.139. The Morgan fingerprint density at radius 3 is 2.61 bits per heavy atom. The summed E-state index contributed by atoms with van der Waals surface area (Å²) in [5.74, 6) is 0.215. The molecule has 0 saturated carbocycles. The van der Waals surface area contributed by atoms with Crippen molar-refractivity contribution in [1.82, 2.24) is 14.9 Å². The summed E-state index contributed by atoms with van der Waals surface area (Å²) in [7, 11) is 0. The maximum absolute atomic E-state index is 11.8. The number of phenolic OH excluding ortho intramolecular Hbond substituents is 1. The van der Waals surface area contributed by atoms with Crippen LogP contribution < -0.4 is 5.32 Å². The van der Waals surface area contributed by atoms with Gasteiger partial charge in [-0.3, -0.25) is 10.1 Å². The van der Waals surface area contributed by atoms with Crippen LogP contribution in [0.15, 0.2) is 54.7 Å². The van der Waals surface area contributed by atoms with Crippen LogP contribution in [-0.4, -0.2) is 31.8 Å². The Kier molecular flexibility index (Phi) is 8.09. The van der Waals surface area contributed by atoms with Gasteiger partial charge >= 0.3 is 5.97 Å². The van der Waals surface area contributed by atoms with E-state index >= 15 is 0 Å². The van der Waals surface area contributed by atoms with Crippen molar-refractivity contribution in [3.8, 4) is 5.75 Å². The number of nitrogens with zero attached hydrogens (tertiary/aromatic N) is 2. The third-order valence-electron chi connectivity index (χ3n) is 5.26. The fraction of sp³-hybridized carbons (Fsp3) is 0.333. The van der Waals surface area contributed by atoms with Gasteiger partial charge in [0.1, 0.15) is 17.6 Å². The normalized spacial score (nSPS) is 12.1. The lowest BCUT2D eigenvalue weighted by Gasteiger charge is -2.17. The van der Waals surface area contributed by atoms with Gasteiger partial charge in [0.05, 0.1) is 12.2 Å². The largest absolute Gasteiger partial charge is 0.508 e. The second-order valence-electron chi connectivity index (χ2n) is 7.59. The standard InChI is InChI=1S/C24H28ClN3O3/c1-2-3-8-23-27-15-19(28(23)16-18-6-4-5-7-21(18)25)14-26-22(24(30)31)13-17-9-11-20(29)12-10-17/h4-7,9-12,15,22,26,29H,2-3,8,13-14,16H2,1H3,(H,30,31)/t22-/m0/s1. The van der Waals surface area contributed by atoms with Crippen molar-refractivity contribution >= 4 is 17.6 Å². The van der Waals surface area contributed by atoms with E-state index in [1.807, 2.05) is 30.5 Å². The summed E-state index contributed by atoms with van der Waals surface area (Å²) < 4.78 is 2.13. The molecule has 7 heteroatoms. The molecule has 1 atom stereocenters. The number of hydrogen-bond acceptors (Lipinski definition) is 4. The van der Waals surface area contributed by atoms with E-state index in [2.05, 4.69) is 21.8 Å². The van der Waals surface area contributed by atoms with Gasteiger partial charge in [-0.2, -0.15) is 0 Å². The smallest absolute Gasteiger partial charge is 0.321 e. The minimum Gasteiger partial charge on any atom is -0.508 e. The van der Waals surface area contributed by atoms with Crippen LogP contribution in [0.2, 0.25) is 5.02 Å². The fourth-order valence-electron chi connectivity index (χ4n) is 3.46. The monoisotopic (exact) mass is 441 g/mol. The minimum atomic E-state index is -0.920. The molecule has 31 heavy (non-hydrogen) atoms. The van der Waals surface area contributed by atoms with Gasteiger partial charge in [0.25, 0.3) is 0 Å². The zero-order valence-corrected chi connectivity index (χ0v) is 18.3. The highest BCUT2D eigenvalue weighted by molar-refractivity contribution is 6.31. The molecule has 0 radical (unpaired) electrons. The van der Waals surface area contributed by atoms with E-state index in [0.717, 1.165) is 41.9 Å². The van der Waals surface area contributed by atoms with Gasteiger partial charge in [0.15, 0.2) is 0 Å². The highest BCUT2D eigenvalue weighted by Gasteiger charge is 2.19. The molecule has 1 heterocycles. The quantitative estimate of drug-likeness (QED) is 0.410. The summed E-state index contributed by atoms with van der Waals surface area (Å²) in [6.07, 6.45) is 5.09. The molecule has 0 fully saturated rings.